The highest BCUT2D eigenvalue weighted by molar-refractivity contribution is 5.76. The molecule has 1 rings (SSSR count). The van der Waals surface area contributed by atoms with Crippen molar-refractivity contribution in [3.8, 4) is 0 Å². The minimum absolute atomic E-state index is 0.0141. The van der Waals surface area contributed by atoms with Crippen molar-refractivity contribution in [1.82, 2.24) is 5.32 Å². The number of hydrogen-bond acceptors (Lipinski definition) is 2. The zero-order valence-electron chi connectivity index (χ0n) is 10.9. The van der Waals surface area contributed by atoms with Crippen molar-refractivity contribution in [2.75, 3.05) is 6.54 Å². The molecule has 1 atom stereocenters. The van der Waals surface area contributed by atoms with Gasteiger partial charge in [0, 0.05) is 12.5 Å². The summed E-state index contributed by atoms with van der Waals surface area (Å²) in [6.45, 7) is 4.17. The van der Waals surface area contributed by atoms with Gasteiger partial charge in [0.05, 0.1) is 0 Å². The lowest BCUT2D eigenvalue weighted by molar-refractivity contribution is -0.121. The number of benzene rings is 1. The second kappa shape index (κ2) is 7.11. The molecule has 0 radical (unpaired) electrons. The first kappa shape index (κ1) is 14.6. The Morgan fingerprint density at radius 3 is 2.61 bits per heavy atom. The zero-order valence-corrected chi connectivity index (χ0v) is 10.9. The molecule has 0 aromatic heterocycles. The molecular weight excluding hydrogens is 231 g/mol. The molecular formula is C14H21FN2O. The third kappa shape index (κ3) is 4.45. The van der Waals surface area contributed by atoms with Crippen molar-refractivity contribution in [3.05, 3.63) is 35.6 Å². The number of rotatable bonds is 6. The highest BCUT2D eigenvalue weighted by atomic mass is 19.1. The first-order valence-electron chi connectivity index (χ1n) is 6.28. The van der Waals surface area contributed by atoms with Crippen molar-refractivity contribution in [2.24, 2.45) is 5.73 Å². The molecule has 1 amide bonds. The second-order valence-corrected chi connectivity index (χ2v) is 4.72. The van der Waals surface area contributed by atoms with Gasteiger partial charge in [-0.05, 0) is 44.4 Å². The van der Waals surface area contributed by atoms with E-state index in [1.54, 1.807) is 18.2 Å². The lowest BCUT2D eigenvalue weighted by atomic mass is 9.93. The Morgan fingerprint density at radius 2 is 2.06 bits per heavy atom. The number of hydrogen-bond donors (Lipinski definition) is 2. The maximum atomic E-state index is 13.6. The molecule has 3 N–H and O–H groups in total. The molecule has 0 fully saturated rings. The van der Waals surface area contributed by atoms with Crippen LogP contribution >= 0.6 is 0 Å². The van der Waals surface area contributed by atoms with E-state index in [1.165, 1.54) is 6.07 Å². The van der Waals surface area contributed by atoms with Crippen molar-refractivity contribution >= 4 is 5.91 Å². The van der Waals surface area contributed by atoms with Crippen LogP contribution < -0.4 is 11.1 Å². The first-order valence-corrected chi connectivity index (χ1v) is 6.28. The van der Waals surface area contributed by atoms with Gasteiger partial charge in [0.15, 0.2) is 0 Å². The van der Waals surface area contributed by atoms with Crippen molar-refractivity contribution in [1.29, 1.82) is 0 Å². The normalized spacial score (nSPS) is 12.5. The van der Waals surface area contributed by atoms with Crippen LogP contribution in [0, 0.1) is 5.82 Å². The van der Waals surface area contributed by atoms with Crippen LogP contribution in [0.3, 0.4) is 0 Å². The van der Waals surface area contributed by atoms with Gasteiger partial charge in [-0.1, -0.05) is 18.2 Å². The third-order valence-electron chi connectivity index (χ3n) is 2.80. The molecule has 3 nitrogen and oxygen atoms in total. The standard InChI is InChI=1S/C14H21FN2O/c1-10(2)17-14(18)8-7-11(9-16)12-5-3-4-6-13(12)15/h3-6,10-11H,7-9,16H2,1-2H3,(H,17,18). The highest BCUT2D eigenvalue weighted by Crippen LogP contribution is 2.22. The number of carbonyl (C=O) groups excluding carboxylic acids is 1. The summed E-state index contributed by atoms with van der Waals surface area (Å²) in [6.07, 6.45) is 0.935. The summed E-state index contributed by atoms with van der Waals surface area (Å²) >= 11 is 0. The zero-order chi connectivity index (χ0) is 13.5. The van der Waals surface area contributed by atoms with E-state index in [0.717, 1.165) is 0 Å². The number of halogens is 1. The summed E-state index contributed by atoms with van der Waals surface area (Å²) in [7, 11) is 0. The van der Waals surface area contributed by atoms with E-state index < -0.39 is 0 Å². The summed E-state index contributed by atoms with van der Waals surface area (Å²) in [6, 6.07) is 6.72. The van der Waals surface area contributed by atoms with Crippen molar-refractivity contribution in [3.63, 3.8) is 0 Å². The van der Waals surface area contributed by atoms with Gasteiger partial charge in [0.1, 0.15) is 5.82 Å². The smallest absolute Gasteiger partial charge is 0.220 e. The number of carbonyl (C=O) groups is 1. The average Bonchev–Trinajstić information content (AvgIpc) is 2.31. The van der Waals surface area contributed by atoms with Gasteiger partial charge in [-0.25, -0.2) is 4.39 Å². The molecule has 1 aromatic carbocycles. The first-order chi connectivity index (χ1) is 8.54. The molecule has 1 unspecified atom stereocenters. The summed E-state index contributed by atoms with van der Waals surface area (Å²) in [4.78, 5) is 11.5. The minimum atomic E-state index is -0.253. The Labute approximate surface area is 108 Å². The van der Waals surface area contributed by atoms with E-state index in [1.807, 2.05) is 13.8 Å². The quantitative estimate of drug-likeness (QED) is 0.815. The van der Waals surface area contributed by atoms with E-state index in [-0.39, 0.29) is 23.7 Å². The minimum Gasteiger partial charge on any atom is -0.354 e. The highest BCUT2D eigenvalue weighted by Gasteiger charge is 2.15. The van der Waals surface area contributed by atoms with Crippen LogP contribution in [0.1, 0.15) is 38.2 Å². The summed E-state index contributed by atoms with van der Waals surface area (Å²) in [5.41, 5.74) is 6.26. The summed E-state index contributed by atoms with van der Waals surface area (Å²) in [5.74, 6) is -0.374. The summed E-state index contributed by atoms with van der Waals surface area (Å²) < 4.78 is 13.6. The molecule has 0 heterocycles. The Bertz CT molecular complexity index is 393. The van der Waals surface area contributed by atoms with E-state index in [9.17, 15) is 9.18 Å². The van der Waals surface area contributed by atoms with E-state index in [0.29, 0.717) is 24.9 Å². The van der Waals surface area contributed by atoms with Gasteiger partial charge in [0.25, 0.3) is 0 Å². The maximum Gasteiger partial charge on any atom is 0.220 e. The van der Waals surface area contributed by atoms with Crippen LogP contribution in [-0.2, 0) is 4.79 Å². The van der Waals surface area contributed by atoms with E-state index >= 15 is 0 Å². The molecule has 100 valence electrons. The molecule has 0 bridgehead atoms. The fourth-order valence-corrected chi connectivity index (χ4v) is 1.91. The molecule has 0 aliphatic heterocycles. The maximum absolute atomic E-state index is 13.6. The Balaban J connectivity index is 2.58. The van der Waals surface area contributed by atoms with Gasteiger partial charge in [0.2, 0.25) is 5.91 Å². The SMILES string of the molecule is CC(C)NC(=O)CCC(CN)c1ccccc1F. The molecule has 0 spiro atoms. The van der Waals surface area contributed by atoms with E-state index in [4.69, 9.17) is 5.73 Å². The topological polar surface area (TPSA) is 55.1 Å². The molecule has 18 heavy (non-hydrogen) atoms. The largest absolute Gasteiger partial charge is 0.354 e. The van der Waals surface area contributed by atoms with Crippen LogP contribution in [0.2, 0.25) is 0 Å². The van der Waals surface area contributed by atoms with Crippen LogP contribution in [-0.4, -0.2) is 18.5 Å². The lowest BCUT2D eigenvalue weighted by Crippen LogP contribution is -2.30. The van der Waals surface area contributed by atoms with Gasteiger partial charge >= 0.3 is 0 Å². The van der Waals surface area contributed by atoms with Crippen molar-refractivity contribution in [2.45, 2.75) is 38.6 Å². The number of nitrogens with two attached hydrogens (primary N) is 1. The third-order valence-corrected chi connectivity index (χ3v) is 2.80. The Morgan fingerprint density at radius 1 is 1.39 bits per heavy atom. The van der Waals surface area contributed by atoms with Crippen LogP contribution in [0.4, 0.5) is 4.39 Å². The average molecular weight is 252 g/mol. The second-order valence-electron chi connectivity index (χ2n) is 4.72. The number of amides is 1. The predicted molar refractivity (Wildman–Crippen MR) is 70.7 cm³/mol. The summed E-state index contributed by atoms with van der Waals surface area (Å²) in [5, 5.41) is 2.81. The number of nitrogens with one attached hydrogen (secondary N) is 1. The van der Waals surface area contributed by atoms with Gasteiger partial charge in [-0.15, -0.1) is 0 Å². The molecule has 0 aliphatic carbocycles. The van der Waals surface area contributed by atoms with Gasteiger partial charge in [-0.3, -0.25) is 4.79 Å². The van der Waals surface area contributed by atoms with Crippen LogP contribution in [0.15, 0.2) is 24.3 Å². The van der Waals surface area contributed by atoms with Crippen molar-refractivity contribution < 1.29 is 9.18 Å². The molecule has 0 aliphatic rings. The van der Waals surface area contributed by atoms with Gasteiger partial charge < -0.3 is 11.1 Å². The lowest BCUT2D eigenvalue weighted by Gasteiger charge is -2.16. The molecule has 0 saturated carbocycles. The molecule has 0 saturated heterocycles. The fraction of sp³-hybridized carbons (Fsp3) is 0.500. The van der Waals surface area contributed by atoms with E-state index in [2.05, 4.69) is 5.32 Å². The molecule has 4 heteroatoms. The van der Waals surface area contributed by atoms with Gasteiger partial charge in [-0.2, -0.15) is 0 Å². The predicted octanol–water partition coefficient (Wildman–Crippen LogP) is 2.17. The monoisotopic (exact) mass is 252 g/mol. The Kier molecular flexibility index (Phi) is 5.78. The Hall–Kier alpha value is -1.42. The van der Waals surface area contributed by atoms with Crippen LogP contribution in [0.5, 0.6) is 0 Å². The molecule has 1 aromatic rings. The van der Waals surface area contributed by atoms with Crippen LogP contribution in [0.25, 0.3) is 0 Å². The fourth-order valence-electron chi connectivity index (χ4n) is 1.91.